The number of rotatable bonds is 5. The number of hydrogen-bond donors (Lipinski definition) is 3. The minimum Gasteiger partial charge on any atom is -0.351 e. The van der Waals surface area contributed by atoms with Crippen LogP contribution in [-0.4, -0.2) is 33.9 Å². The van der Waals surface area contributed by atoms with Gasteiger partial charge in [-0.2, -0.15) is 0 Å². The molecule has 0 atom stereocenters. The highest BCUT2D eigenvalue weighted by atomic mass is 16.2. The van der Waals surface area contributed by atoms with E-state index in [1.165, 1.54) is 0 Å². The second kappa shape index (κ2) is 6.86. The van der Waals surface area contributed by atoms with E-state index in [0.717, 1.165) is 24.6 Å². The summed E-state index contributed by atoms with van der Waals surface area (Å²) in [7, 11) is 0. The number of hydrogen-bond acceptors (Lipinski definition) is 3. The maximum Gasteiger partial charge on any atom is 0.254 e. The number of carbonyl (C=O) groups is 2. The molecule has 2 aromatic heterocycles. The van der Waals surface area contributed by atoms with E-state index in [0.29, 0.717) is 30.6 Å². The normalized spacial score (nSPS) is 16.5. The molecule has 1 fully saturated rings. The number of aromatic amines is 1. The molecule has 6 heteroatoms. The van der Waals surface area contributed by atoms with E-state index in [-0.39, 0.29) is 11.8 Å². The molecule has 3 rings (SSSR count). The summed E-state index contributed by atoms with van der Waals surface area (Å²) in [5, 5.41) is 6.60. The van der Waals surface area contributed by atoms with Crippen LogP contribution in [0.3, 0.4) is 0 Å². The molecule has 0 saturated heterocycles. The first-order chi connectivity index (χ1) is 11.7. The molecular formula is C18H22N4O2. The first-order valence-electron chi connectivity index (χ1n) is 8.30. The van der Waals surface area contributed by atoms with Gasteiger partial charge in [0.25, 0.3) is 5.91 Å². The molecule has 0 radical (unpaired) electrons. The lowest BCUT2D eigenvalue weighted by atomic mass is 9.80. The van der Waals surface area contributed by atoms with Crippen molar-refractivity contribution in [2.45, 2.75) is 37.6 Å². The number of amides is 2. The highest BCUT2D eigenvalue weighted by molar-refractivity contribution is 6.07. The molecule has 6 nitrogen and oxygen atoms in total. The van der Waals surface area contributed by atoms with Gasteiger partial charge in [-0.3, -0.25) is 9.59 Å². The average Bonchev–Trinajstić information content (AvgIpc) is 3.04. The number of H-pyrrole nitrogens is 1. The molecular weight excluding hydrogens is 304 g/mol. The van der Waals surface area contributed by atoms with Crippen LogP contribution in [0.5, 0.6) is 0 Å². The summed E-state index contributed by atoms with van der Waals surface area (Å²) in [6, 6.07) is 3.64. The number of fused-ring (bicyclic) bond motifs is 1. The van der Waals surface area contributed by atoms with Gasteiger partial charge in [0.15, 0.2) is 0 Å². The van der Waals surface area contributed by atoms with Crippen LogP contribution in [0, 0.1) is 0 Å². The minimum atomic E-state index is -0.843. The third-order valence-corrected chi connectivity index (χ3v) is 4.60. The second-order valence-corrected chi connectivity index (χ2v) is 6.20. The Morgan fingerprint density at radius 1 is 1.33 bits per heavy atom. The molecule has 0 aromatic carbocycles. The molecule has 2 aromatic rings. The van der Waals surface area contributed by atoms with Crippen LogP contribution in [0.2, 0.25) is 0 Å². The molecule has 126 valence electrons. The van der Waals surface area contributed by atoms with Crippen LogP contribution in [0.25, 0.3) is 11.0 Å². The van der Waals surface area contributed by atoms with Crippen molar-refractivity contribution in [1.29, 1.82) is 0 Å². The van der Waals surface area contributed by atoms with Gasteiger partial charge in [0, 0.05) is 24.3 Å². The zero-order valence-electron chi connectivity index (χ0n) is 13.6. The molecule has 2 heterocycles. The highest BCUT2D eigenvalue weighted by Crippen LogP contribution is 2.29. The Balaban J connectivity index is 1.85. The molecule has 2 amide bonds. The van der Waals surface area contributed by atoms with Crippen molar-refractivity contribution in [3.8, 4) is 0 Å². The summed E-state index contributed by atoms with van der Waals surface area (Å²) in [5.41, 5.74) is 0.334. The molecule has 0 aliphatic heterocycles. The zero-order chi connectivity index (χ0) is 17.0. The Labute approximate surface area is 140 Å². The van der Waals surface area contributed by atoms with Gasteiger partial charge in [-0.25, -0.2) is 4.98 Å². The van der Waals surface area contributed by atoms with Crippen LogP contribution >= 0.6 is 0 Å². The third-order valence-electron chi connectivity index (χ3n) is 4.60. The van der Waals surface area contributed by atoms with E-state index < -0.39 is 5.54 Å². The van der Waals surface area contributed by atoms with Crippen LogP contribution < -0.4 is 10.6 Å². The van der Waals surface area contributed by atoms with Gasteiger partial charge < -0.3 is 15.6 Å². The van der Waals surface area contributed by atoms with Crippen LogP contribution in [0.4, 0.5) is 0 Å². The van der Waals surface area contributed by atoms with E-state index in [9.17, 15) is 9.59 Å². The molecule has 1 aliphatic rings. The van der Waals surface area contributed by atoms with Gasteiger partial charge in [0.1, 0.15) is 11.2 Å². The van der Waals surface area contributed by atoms with Crippen molar-refractivity contribution in [2.75, 3.05) is 6.54 Å². The van der Waals surface area contributed by atoms with Crippen molar-refractivity contribution in [2.24, 2.45) is 0 Å². The lowest BCUT2D eigenvalue weighted by molar-refractivity contribution is -0.128. The van der Waals surface area contributed by atoms with Crippen LogP contribution in [0.15, 0.2) is 37.2 Å². The second-order valence-electron chi connectivity index (χ2n) is 6.20. The van der Waals surface area contributed by atoms with Crippen LogP contribution in [-0.2, 0) is 4.79 Å². The van der Waals surface area contributed by atoms with Gasteiger partial charge in [-0.15, -0.1) is 6.58 Å². The Morgan fingerprint density at radius 3 is 2.88 bits per heavy atom. The minimum absolute atomic E-state index is 0.131. The van der Waals surface area contributed by atoms with Crippen molar-refractivity contribution in [3.63, 3.8) is 0 Å². The predicted molar refractivity (Wildman–Crippen MR) is 92.6 cm³/mol. The SMILES string of the molecule is C=CCNC(=O)C1(NC(=O)c2c[nH]c3ncccc23)CCCCC1. The maximum atomic E-state index is 12.8. The summed E-state index contributed by atoms with van der Waals surface area (Å²) in [5.74, 6) is -0.377. The lowest BCUT2D eigenvalue weighted by Crippen LogP contribution is -2.59. The number of nitrogens with zero attached hydrogens (tertiary/aromatic N) is 1. The molecule has 1 saturated carbocycles. The van der Waals surface area contributed by atoms with Gasteiger partial charge in [-0.1, -0.05) is 25.3 Å². The quantitative estimate of drug-likeness (QED) is 0.737. The van der Waals surface area contributed by atoms with Crippen molar-refractivity contribution in [1.82, 2.24) is 20.6 Å². The topological polar surface area (TPSA) is 86.9 Å². The largest absolute Gasteiger partial charge is 0.351 e. The smallest absolute Gasteiger partial charge is 0.254 e. The highest BCUT2D eigenvalue weighted by Gasteiger charge is 2.41. The maximum absolute atomic E-state index is 12.8. The Bertz CT molecular complexity index is 759. The van der Waals surface area contributed by atoms with E-state index in [2.05, 4.69) is 27.2 Å². The molecule has 1 aliphatic carbocycles. The Kier molecular flexibility index (Phi) is 4.64. The van der Waals surface area contributed by atoms with E-state index in [1.807, 2.05) is 6.07 Å². The summed E-state index contributed by atoms with van der Waals surface area (Å²) >= 11 is 0. The lowest BCUT2D eigenvalue weighted by Gasteiger charge is -2.36. The van der Waals surface area contributed by atoms with E-state index in [1.54, 1.807) is 24.5 Å². The van der Waals surface area contributed by atoms with Crippen molar-refractivity contribution in [3.05, 3.63) is 42.7 Å². The molecule has 0 bridgehead atoms. The van der Waals surface area contributed by atoms with E-state index in [4.69, 9.17) is 0 Å². The first-order valence-corrected chi connectivity index (χ1v) is 8.30. The van der Waals surface area contributed by atoms with Crippen LogP contribution in [0.1, 0.15) is 42.5 Å². The Hall–Kier alpha value is -2.63. The third kappa shape index (κ3) is 3.04. The number of carbonyl (C=O) groups excluding carboxylic acids is 2. The summed E-state index contributed by atoms with van der Waals surface area (Å²) in [6.07, 6.45) is 9.21. The number of pyridine rings is 1. The van der Waals surface area contributed by atoms with Gasteiger partial charge in [0.2, 0.25) is 5.91 Å². The molecule has 0 spiro atoms. The van der Waals surface area contributed by atoms with Crippen molar-refractivity contribution < 1.29 is 9.59 Å². The number of aromatic nitrogens is 2. The van der Waals surface area contributed by atoms with E-state index >= 15 is 0 Å². The molecule has 3 N–H and O–H groups in total. The standard InChI is InChI=1S/C18H22N4O2/c1-2-10-20-17(24)18(8-4-3-5-9-18)22-16(23)14-12-21-15-13(14)7-6-11-19-15/h2,6-7,11-12H,1,3-5,8-10H2,(H,19,21)(H,20,24)(H,22,23). The predicted octanol–water partition coefficient (Wildman–Crippen LogP) is 2.30. The number of nitrogens with one attached hydrogen (secondary N) is 3. The fourth-order valence-corrected chi connectivity index (χ4v) is 3.33. The molecule has 0 unspecified atom stereocenters. The Morgan fingerprint density at radius 2 is 2.12 bits per heavy atom. The zero-order valence-corrected chi connectivity index (χ0v) is 13.6. The van der Waals surface area contributed by atoms with Gasteiger partial charge >= 0.3 is 0 Å². The molecule has 24 heavy (non-hydrogen) atoms. The first kappa shape index (κ1) is 16.2. The summed E-state index contributed by atoms with van der Waals surface area (Å²) < 4.78 is 0. The van der Waals surface area contributed by atoms with Gasteiger partial charge in [0.05, 0.1) is 5.56 Å². The summed E-state index contributed by atoms with van der Waals surface area (Å²) in [4.78, 5) is 32.7. The fraction of sp³-hybridized carbons (Fsp3) is 0.389. The monoisotopic (exact) mass is 326 g/mol. The summed E-state index contributed by atoms with van der Waals surface area (Å²) in [6.45, 7) is 4.02. The van der Waals surface area contributed by atoms with Gasteiger partial charge in [-0.05, 0) is 25.0 Å². The average molecular weight is 326 g/mol. The van der Waals surface area contributed by atoms with Crippen molar-refractivity contribution >= 4 is 22.8 Å². The fourth-order valence-electron chi connectivity index (χ4n) is 3.33.